The number of hydrogen-bond donors (Lipinski definition) is 1. The fourth-order valence-electron chi connectivity index (χ4n) is 2.92. The van der Waals surface area contributed by atoms with Crippen LogP contribution in [0.1, 0.15) is 26.7 Å². The zero-order chi connectivity index (χ0) is 19.9. The van der Waals surface area contributed by atoms with E-state index in [-0.39, 0.29) is 5.91 Å². The van der Waals surface area contributed by atoms with Crippen molar-refractivity contribution in [3.05, 3.63) is 80.5 Å². The maximum atomic E-state index is 12.4. The predicted molar refractivity (Wildman–Crippen MR) is 119 cm³/mol. The van der Waals surface area contributed by atoms with Gasteiger partial charge in [-0.15, -0.1) is 29.3 Å². The molecule has 146 valence electrons. The zero-order valence-corrected chi connectivity index (χ0v) is 17.9. The molecule has 0 aliphatic carbocycles. The van der Waals surface area contributed by atoms with Crippen LogP contribution in [0, 0.1) is 13.8 Å². The maximum absolute atomic E-state index is 12.4. The monoisotopic (exact) mass is 411 g/mol. The van der Waals surface area contributed by atoms with Gasteiger partial charge in [-0.25, -0.2) is 4.98 Å². The summed E-state index contributed by atoms with van der Waals surface area (Å²) in [6.45, 7) is 10.3. The Balaban J connectivity index is 1.58. The van der Waals surface area contributed by atoms with Gasteiger partial charge in [-0.2, -0.15) is 0 Å². The van der Waals surface area contributed by atoms with E-state index in [1.807, 2.05) is 43.5 Å². The van der Waals surface area contributed by atoms with E-state index < -0.39 is 0 Å². The van der Waals surface area contributed by atoms with Crippen molar-refractivity contribution in [1.82, 2.24) is 9.88 Å². The number of hydrogen-bond acceptors (Lipinski definition) is 5. The lowest BCUT2D eigenvalue weighted by molar-refractivity contribution is -0.115. The van der Waals surface area contributed by atoms with Gasteiger partial charge in [0.25, 0.3) is 0 Å². The molecule has 0 unspecified atom stereocenters. The quantitative estimate of drug-likeness (QED) is 0.493. The molecule has 1 aromatic carbocycles. The highest BCUT2D eigenvalue weighted by atomic mass is 32.1. The summed E-state index contributed by atoms with van der Waals surface area (Å²) in [6, 6.07) is 10.3. The van der Waals surface area contributed by atoms with Gasteiger partial charge in [0.1, 0.15) is 5.01 Å². The number of amides is 1. The van der Waals surface area contributed by atoms with Crippen LogP contribution in [-0.2, 0) is 24.3 Å². The molecule has 0 aliphatic rings. The Labute approximate surface area is 174 Å². The van der Waals surface area contributed by atoms with Crippen LogP contribution in [0.15, 0.2) is 53.7 Å². The number of thiazole rings is 1. The summed E-state index contributed by atoms with van der Waals surface area (Å²) in [7, 11) is 0. The summed E-state index contributed by atoms with van der Waals surface area (Å²) >= 11 is 3.30. The highest BCUT2D eigenvalue weighted by Crippen LogP contribution is 2.19. The minimum absolute atomic E-state index is 0.0314. The Hall–Kier alpha value is -2.28. The van der Waals surface area contributed by atoms with Crippen molar-refractivity contribution in [2.45, 2.75) is 33.4 Å². The molecule has 2 heterocycles. The van der Waals surface area contributed by atoms with Gasteiger partial charge >= 0.3 is 0 Å². The molecule has 2 aromatic heterocycles. The van der Waals surface area contributed by atoms with Gasteiger partial charge in [0.15, 0.2) is 0 Å². The van der Waals surface area contributed by atoms with Crippen molar-refractivity contribution in [2.75, 3.05) is 11.9 Å². The Kier molecular flexibility index (Phi) is 7.14. The third kappa shape index (κ3) is 5.86. The molecule has 1 amide bonds. The number of carbonyl (C=O) groups excluding carboxylic acids is 1. The molecule has 4 nitrogen and oxygen atoms in total. The van der Waals surface area contributed by atoms with Gasteiger partial charge < -0.3 is 5.32 Å². The summed E-state index contributed by atoms with van der Waals surface area (Å²) in [6.07, 6.45) is 2.21. The molecule has 6 heteroatoms. The highest BCUT2D eigenvalue weighted by Gasteiger charge is 2.12. The summed E-state index contributed by atoms with van der Waals surface area (Å²) < 4.78 is 0. The lowest BCUT2D eigenvalue weighted by atomic mass is 10.1. The van der Waals surface area contributed by atoms with E-state index in [1.54, 1.807) is 22.7 Å². The Bertz CT molecular complexity index is 931. The second-order valence-corrected chi connectivity index (χ2v) is 8.79. The van der Waals surface area contributed by atoms with Crippen molar-refractivity contribution in [1.29, 1.82) is 0 Å². The third-order valence-electron chi connectivity index (χ3n) is 4.31. The fraction of sp³-hybridized carbons (Fsp3) is 0.273. The van der Waals surface area contributed by atoms with E-state index in [0.29, 0.717) is 6.42 Å². The molecule has 0 radical (unpaired) electrons. The molecule has 1 N–H and O–H groups in total. The molecule has 0 aliphatic heterocycles. The van der Waals surface area contributed by atoms with Gasteiger partial charge in [0.05, 0.1) is 12.1 Å². The second kappa shape index (κ2) is 9.78. The minimum Gasteiger partial charge on any atom is -0.325 e. The van der Waals surface area contributed by atoms with Gasteiger partial charge in [-0.1, -0.05) is 24.3 Å². The van der Waals surface area contributed by atoms with Crippen molar-refractivity contribution >= 4 is 34.3 Å². The van der Waals surface area contributed by atoms with Crippen LogP contribution in [0.3, 0.4) is 0 Å². The van der Waals surface area contributed by atoms with Gasteiger partial charge in [0, 0.05) is 35.6 Å². The minimum atomic E-state index is -0.0314. The van der Waals surface area contributed by atoms with E-state index >= 15 is 0 Å². The van der Waals surface area contributed by atoms with Crippen molar-refractivity contribution < 1.29 is 4.79 Å². The van der Waals surface area contributed by atoms with Crippen LogP contribution in [0.5, 0.6) is 0 Å². The molecule has 0 fully saturated rings. The van der Waals surface area contributed by atoms with Gasteiger partial charge in [-0.3, -0.25) is 9.69 Å². The summed E-state index contributed by atoms with van der Waals surface area (Å²) in [4.78, 5) is 20.7. The topological polar surface area (TPSA) is 45.2 Å². The molecular formula is C22H25N3OS2. The van der Waals surface area contributed by atoms with E-state index in [0.717, 1.165) is 47.2 Å². The molecule has 0 saturated carbocycles. The Morgan fingerprint density at radius 2 is 2.11 bits per heavy atom. The number of aryl methyl sites for hydroxylation is 2. The Morgan fingerprint density at radius 1 is 1.25 bits per heavy atom. The molecule has 0 bridgehead atoms. The summed E-state index contributed by atoms with van der Waals surface area (Å²) in [5.41, 5.74) is 4.06. The number of benzene rings is 1. The van der Waals surface area contributed by atoms with E-state index in [9.17, 15) is 4.79 Å². The summed E-state index contributed by atoms with van der Waals surface area (Å²) in [5, 5.41) is 7.99. The smallest absolute Gasteiger partial charge is 0.231 e. The molecule has 0 spiro atoms. The van der Waals surface area contributed by atoms with Crippen LogP contribution in [-0.4, -0.2) is 22.3 Å². The number of thiophene rings is 1. The molecule has 3 aromatic rings. The third-order valence-corrected chi connectivity index (χ3v) is 6.07. The van der Waals surface area contributed by atoms with Crippen LogP contribution >= 0.6 is 22.7 Å². The first-order chi connectivity index (χ1) is 13.5. The number of rotatable bonds is 9. The van der Waals surface area contributed by atoms with Crippen LogP contribution in [0.2, 0.25) is 0 Å². The fourth-order valence-corrected chi connectivity index (χ4v) is 4.45. The largest absolute Gasteiger partial charge is 0.325 e. The van der Waals surface area contributed by atoms with Gasteiger partial charge in [0.2, 0.25) is 5.91 Å². The van der Waals surface area contributed by atoms with Crippen LogP contribution in [0.25, 0.3) is 0 Å². The maximum Gasteiger partial charge on any atom is 0.231 e. The standard InChI is InChI=1S/C22H25N3OS2/c1-4-9-25(14-19-6-5-10-27-19)13-18-15-28-22(23-18)12-21(26)24-20-11-16(2)7-8-17(20)3/h4-8,10-11,15H,1,9,12-14H2,2-3H3,(H,24,26). The molecule has 28 heavy (non-hydrogen) atoms. The number of nitrogens with zero attached hydrogens (tertiary/aromatic N) is 2. The first-order valence-electron chi connectivity index (χ1n) is 9.19. The van der Waals surface area contributed by atoms with Gasteiger partial charge in [-0.05, 0) is 42.5 Å². The summed E-state index contributed by atoms with van der Waals surface area (Å²) in [5.74, 6) is -0.0314. The molecule has 3 rings (SSSR count). The number of anilines is 1. The van der Waals surface area contributed by atoms with E-state index in [4.69, 9.17) is 0 Å². The van der Waals surface area contributed by atoms with E-state index in [2.05, 4.69) is 39.3 Å². The van der Waals surface area contributed by atoms with Crippen LogP contribution < -0.4 is 5.32 Å². The zero-order valence-electron chi connectivity index (χ0n) is 16.3. The molecule has 0 saturated heterocycles. The molecule has 0 atom stereocenters. The average Bonchev–Trinajstić information content (AvgIpc) is 3.30. The lowest BCUT2D eigenvalue weighted by Gasteiger charge is -2.18. The van der Waals surface area contributed by atoms with Crippen molar-refractivity contribution in [3.63, 3.8) is 0 Å². The first kappa shape index (κ1) is 20.5. The Morgan fingerprint density at radius 3 is 2.86 bits per heavy atom. The SMILES string of the molecule is C=CCN(Cc1csc(CC(=O)Nc2cc(C)ccc2C)n1)Cc1cccs1. The highest BCUT2D eigenvalue weighted by molar-refractivity contribution is 7.10. The number of nitrogens with one attached hydrogen (secondary N) is 1. The molecular weight excluding hydrogens is 386 g/mol. The van der Waals surface area contributed by atoms with Crippen molar-refractivity contribution in [2.24, 2.45) is 0 Å². The average molecular weight is 412 g/mol. The van der Waals surface area contributed by atoms with Crippen molar-refractivity contribution in [3.8, 4) is 0 Å². The lowest BCUT2D eigenvalue weighted by Crippen LogP contribution is -2.22. The second-order valence-electron chi connectivity index (χ2n) is 6.81. The number of aromatic nitrogens is 1. The predicted octanol–water partition coefficient (Wildman–Crippen LogP) is 5.19. The van der Waals surface area contributed by atoms with E-state index in [1.165, 1.54) is 4.88 Å². The first-order valence-corrected chi connectivity index (χ1v) is 11.0. The normalized spacial score (nSPS) is 11.0. The van der Waals surface area contributed by atoms with Crippen LogP contribution in [0.4, 0.5) is 5.69 Å². The number of carbonyl (C=O) groups is 1.